The molecule has 1 aromatic heterocycles. The number of anilines is 1. The van der Waals surface area contributed by atoms with Crippen molar-refractivity contribution in [1.29, 1.82) is 0 Å². The Morgan fingerprint density at radius 3 is 2.66 bits per heavy atom. The average Bonchev–Trinajstić information content (AvgIpc) is 3.36. The van der Waals surface area contributed by atoms with E-state index >= 15 is 0 Å². The van der Waals surface area contributed by atoms with Crippen LogP contribution in [-0.4, -0.2) is 45.4 Å². The number of hydrogen-bond donors (Lipinski definition) is 1. The number of carbonyl (C=O) groups is 2. The number of nitrogens with zero attached hydrogens (tertiary/aromatic N) is 1. The van der Waals surface area contributed by atoms with Crippen molar-refractivity contribution in [2.75, 3.05) is 24.6 Å². The van der Waals surface area contributed by atoms with Crippen LogP contribution in [-0.2, 0) is 21.2 Å². The fourth-order valence-electron chi connectivity index (χ4n) is 3.67. The predicted octanol–water partition coefficient (Wildman–Crippen LogP) is 3.20. The summed E-state index contributed by atoms with van der Waals surface area (Å²) in [6.07, 6.45) is 3.07. The molecule has 0 unspecified atom stereocenters. The molecule has 1 aliphatic heterocycles. The largest absolute Gasteiger partial charge is 0.495 e. The molecule has 1 N–H and O–H groups in total. The highest BCUT2D eigenvalue weighted by Crippen LogP contribution is 2.35. The van der Waals surface area contributed by atoms with Crippen LogP contribution in [0, 0.1) is 0 Å². The molecule has 0 aliphatic carbocycles. The molecule has 4 rings (SSSR count). The van der Waals surface area contributed by atoms with Crippen molar-refractivity contribution in [1.82, 2.24) is 4.98 Å². The van der Waals surface area contributed by atoms with Gasteiger partial charge in [-0.1, -0.05) is 18.2 Å². The van der Waals surface area contributed by atoms with Gasteiger partial charge in [0.25, 0.3) is 10.0 Å². The molecule has 2 aromatic carbocycles. The van der Waals surface area contributed by atoms with Gasteiger partial charge in [-0.15, -0.1) is 0 Å². The molecule has 3 aromatic rings. The van der Waals surface area contributed by atoms with Gasteiger partial charge < -0.3 is 14.5 Å². The number of methoxy groups -OCH3 is 1. The van der Waals surface area contributed by atoms with Crippen LogP contribution in [0.1, 0.15) is 32.8 Å². The van der Waals surface area contributed by atoms with Crippen molar-refractivity contribution in [3.05, 3.63) is 77.6 Å². The van der Waals surface area contributed by atoms with E-state index in [9.17, 15) is 18.0 Å². The normalized spacial score (nSPS) is 13.3. The molecule has 32 heavy (non-hydrogen) atoms. The number of carbonyl (C=O) groups excluding carboxylic acids is 2. The zero-order chi connectivity index (χ0) is 22.7. The number of esters is 1. The van der Waals surface area contributed by atoms with Crippen LogP contribution < -0.4 is 9.04 Å². The minimum Gasteiger partial charge on any atom is -0.495 e. The van der Waals surface area contributed by atoms with E-state index in [2.05, 4.69) is 4.98 Å². The Labute approximate surface area is 185 Å². The number of aromatic nitrogens is 1. The monoisotopic (exact) mass is 454 g/mol. The summed E-state index contributed by atoms with van der Waals surface area (Å²) in [5, 5.41) is 0. The number of hydrogen-bond acceptors (Lipinski definition) is 6. The van der Waals surface area contributed by atoms with E-state index in [0.29, 0.717) is 24.3 Å². The average molecular weight is 455 g/mol. The number of fused-ring (bicyclic) bond motifs is 1. The van der Waals surface area contributed by atoms with Gasteiger partial charge >= 0.3 is 5.97 Å². The highest BCUT2D eigenvalue weighted by molar-refractivity contribution is 7.93. The molecule has 2 heterocycles. The van der Waals surface area contributed by atoms with E-state index in [1.54, 1.807) is 30.5 Å². The standard InChI is InChI=1S/C23H22N2O6S/c1-30-21-11-10-17(23(27)31-15-20(26)18-8-4-12-24-18)14-22(21)32(28,29)25-13-5-7-16-6-2-3-9-19(16)25/h2-4,6,8-12,14,24H,5,7,13,15H2,1H3. The molecule has 0 atom stereocenters. The molecule has 8 nitrogen and oxygen atoms in total. The van der Waals surface area contributed by atoms with Crippen molar-refractivity contribution in [3.8, 4) is 5.75 Å². The van der Waals surface area contributed by atoms with Gasteiger partial charge in [0.2, 0.25) is 5.78 Å². The van der Waals surface area contributed by atoms with Gasteiger partial charge in [-0.2, -0.15) is 0 Å². The maximum absolute atomic E-state index is 13.6. The van der Waals surface area contributed by atoms with Crippen LogP contribution in [0.3, 0.4) is 0 Å². The Morgan fingerprint density at radius 2 is 1.91 bits per heavy atom. The van der Waals surface area contributed by atoms with Gasteiger partial charge in [-0.25, -0.2) is 13.2 Å². The van der Waals surface area contributed by atoms with Crippen molar-refractivity contribution in [2.24, 2.45) is 0 Å². The van der Waals surface area contributed by atoms with Crippen LogP contribution >= 0.6 is 0 Å². The van der Waals surface area contributed by atoms with Gasteiger partial charge in [-0.3, -0.25) is 9.10 Å². The zero-order valence-corrected chi connectivity index (χ0v) is 18.2. The fraction of sp³-hybridized carbons (Fsp3) is 0.217. The third-order valence-electron chi connectivity index (χ3n) is 5.27. The number of para-hydroxylation sites is 1. The smallest absolute Gasteiger partial charge is 0.338 e. The van der Waals surface area contributed by atoms with Crippen LogP contribution in [0.5, 0.6) is 5.75 Å². The maximum Gasteiger partial charge on any atom is 0.338 e. The Kier molecular flexibility index (Phi) is 6.00. The van der Waals surface area contributed by atoms with E-state index in [0.717, 1.165) is 12.0 Å². The Bertz CT molecular complexity index is 1250. The second-order valence-electron chi connectivity index (χ2n) is 7.26. The number of ether oxygens (including phenoxy) is 2. The summed E-state index contributed by atoms with van der Waals surface area (Å²) in [6, 6.07) is 14.6. The number of ketones is 1. The molecular formula is C23H22N2O6S. The number of nitrogens with one attached hydrogen (secondary N) is 1. The van der Waals surface area contributed by atoms with Crippen molar-refractivity contribution in [2.45, 2.75) is 17.7 Å². The van der Waals surface area contributed by atoms with E-state index in [4.69, 9.17) is 9.47 Å². The molecule has 0 spiro atoms. The topological polar surface area (TPSA) is 106 Å². The molecule has 166 valence electrons. The van der Waals surface area contributed by atoms with E-state index in [-0.39, 0.29) is 16.2 Å². The number of aromatic amines is 1. The molecular weight excluding hydrogens is 432 g/mol. The number of Topliss-reactive ketones (excluding diaryl/α,β-unsaturated/α-hetero) is 1. The number of benzene rings is 2. The number of sulfonamides is 1. The van der Waals surface area contributed by atoms with E-state index in [1.165, 1.54) is 29.6 Å². The maximum atomic E-state index is 13.6. The molecule has 0 saturated heterocycles. The molecule has 0 saturated carbocycles. The minimum atomic E-state index is -4.01. The first kappa shape index (κ1) is 21.6. The van der Waals surface area contributed by atoms with Gasteiger partial charge in [0.15, 0.2) is 6.61 Å². The summed E-state index contributed by atoms with van der Waals surface area (Å²) in [7, 11) is -2.65. The van der Waals surface area contributed by atoms with Gasteiger partial charge in [0.05, 0.1) is 24.1 Å². The summed E-state index contributed by atoms with van der Waals surface area (Å²) in [6.45, 7) is -0.144. The Balaban J connectivity index is 1.62. The zero-order valence-electron chi connectivity index (χ0n) is 17.4. The summed E-state index contributed by atoms with van der Waals surface area (Å²) >= 11 is 0. The van der Waals surface area contributed by atoms with Crippen molar-refractivity contribution < 1.29 is 27.5 Å². The van der Waals surface area contributed by atoms with E-state index < -0.39 is 28.4 Å². The summed E-state index contributed by atoms with van der Waals surface area (Å²) in [5.74, 6) is -1.08. The van der Waals surface area contributed by atoms with Crippen LogP contribution in [0.25, 0.3) is 0 Å². The first-order valence-corrected chi connectivity index (χ1v) is 11.5. The third kappa shape index (κ3) is 4.11. The first-order valence-electron chi connectivity index (χ1n) is 10.0. The fourth-order valence-corrected chi connectivity index (χ4v) is 5.39. The Hall–Kier alpha value is -3.59. The highest BCUT2D eigenvalue weighted by Gasteiger charge is 2.32. The lowest BCUT2D eigenvalue weighted by molar-refractivity contribution is 0.0473. The highest BCUT2D eigenvalue weighted by atomic mass is 32.2. The van der Waals surface area contributed by atoms with E-state index in [1.807, 2.05) is 12.1 Å². The Morgan fingerprint density at radius 1 is 1.09 bits per heavy atom. The first-order chi connectivity index (χ1) is 15.4. The number of rotatable bonds is 7. The van der Waals surface area contributed by atoms with Gasteiger partial charge in [-0.05, 0) is 54.8 Å². The van der Waals surface area contributed by atoms with Gasteiger partial charge in [0, 0.05) is 12.7 Å². The van der Waals surface area contributed by atoms with Crippen LogP contribution in [0.2, 0.25) is 0 Å². The van der Waals surface area contributed by atoms with Crippen molar-refractivity contribution in [3.63, 3.8) is 0 Å². The second kappa shape index (κ2) is 8.88. The second-order valence-corrected chi connectivity index (χ2v) is 9.09. The molecule has 0 fully saturated rings. The molecule has 0 radical (unpaired) electrons. The summed E-state index contributed by atoms with van der Waals surface area (Å²) in [4.78, 5) is 27.2. The van der Waals surface area contributed by atoms with Crippen molar-refractivity contribution >= 4 is 27.5 Å². The molecule has 9 heteroatoms. The summed E-state index contributed by atoms with van der Waals surface area (Å²) < 4.78 is 38.8. The molecule has 0 amide bonds. The quantitative estimate of drug-likeness (QED) is 0.434. The lowest BCUT2D eigenvalue weighted by Gasteiger charge is -2.30. The minimum absolute atomic E-state index is 0.00829. The lowest BCUT2D eigenvalue weighted by atomic mass is 10.0. The molecule has 0 bridgehead atoms. The number of aryl methyl sites for hydroxylation is 1. The van der Waals surface area contributed by atoms with Crippen LogP contribution in [0.4, 0.5) is 5.69 Å². The number of H-pyrrole nitrogens is 1. The SMILES string of the molecule is COc1ccc(C(=O)OCC(=O)c2ccc[nH]2)cc1S(=O)(=O)N1CCCc2ccccc21. The third-order valence-corrected chi connectivity index (χ3v) is 7.10. The predicted molar refractivity (Wildman–Crippen MR) is 118 cm³/mol. The molecule has 1 aliphatic rings. The lowest BCUT2D eigenvalue weighted by Crippen LogP contribution is -2.35. The summed E-state index contributed by atoms with van der Waals surface area (Å²) in [5.41, 5.74) is 1.89. The van der Waals surface area contributed by atoms with Crippen LogP contribution in [0.15, 0.2) is 65.7 Å². The van der Waals surface area contributed by atoms with Gasteiger partial charge in [0.1, 0.15) is 10.6 Å².